The van der Waals surface area contributed by atoms with Crippen LogP contribution in [0.15, 0.2) is 28.7 Å². The van der Waals surface area contributed by atoms with Crippen LogP contribution >= 0.6 is 15.9 Å². The minimum atomic E-state index is -0.00828. The minimum absolute atomic E-state index is 0.00828. The number of benzene rings is 1. The molecule has 0 unspecified atom stereocenters. The quantitative estimate of drug-likeness (QED) is 0.913. The molecule has 3 N–H and O–H groups in total. The standard InChI is InChI=1S/C12H14BrN3O/c1-7-5-12(16-15-7)17-9-3-4-10(8(2)14)11(13)6-9/h3-6,8H,14H2,1-2H3,(H,15,16)/t8-/m1/s1. The van der Waals surface area contributed by atoms with Gasteiger partial charge in [0.15, 0.2) is 0 Å². The van der Waals surface area contributed by atoms with E-state index in [2.05, 4.69) is 26.1 Å². The summed E-state index contributed by atoms with van der Waals surface area (Å²) in [6.45, 7) is 3.87. The smallest absolute Gasteiger partial charge is 0.238 e. The number of rotatable bonds is 3. The highest BCUT2D eigenvalue weighted by Gasteiger charge is 2.07. The van der Waals surface area contributed by atoms with E-state index in [1.54, 1.807) is 0 Å². The molecule has 2 rings (SSSR count). The lowest BCUT2D eigenvalue weighted by molar-refractivity contribution is 0.461. The summed E-state index contributed by atoms with van der Waals surface area (Å²) >= 11 is 3.48. The molecule has 0 spiro atoms. The summed E-state index contributed by atoms with van der Waals surface area (Å²) in [5.41, 5.74) is 7.85. The molecular formula is C12H14BrN3O. The van der Waals surface area contributed by atoms with E-state index in [9.17, 15) is 0 Å². The number of nitrogens with two attached hydrogens (primary N) is 1. The molecule has 90 valence electrons. The van der Waals surface area contributed by atoms with Gasteiger partial charge in [0.25, 0.3) is 0 Å². The van der Waals surface area contributed by atoms with Gasteiger partial charge in [-0.3, -0.25) is 5.10 Å². The number of aryl methyl sites for hydroxylation is 1. The number of H-pyrrole nitrogens is 1. The highest BCUT2D eigenvalue weighted by atomic mass is 79.9. The van der Waals surface area contributed by atoms with Gasteiger partial charge in [-0.2, -0.15) is 0 Å². The Morgan fingerprint density at radius 3 is 2.71 bits per heavy atom. The van der Waals surface area contributed by atoms with Crippen molar-refractivity contribution in [3.63, 3.8) is 0 Å². The molecule has 1 atom stereocenters. The molecule has 1 heterocycles. The van der Waals surface area contributed by atoms with Gasteiger partial charge in [0.2, 0.25) is 5.88 Å². The lowest BCUT2D eigenvalue weighted by atomic mass is 10.1. The van der Waals surface area contributed by atoms with Crippen molar-refractivity contribution < 1.29 is 4.74 Å². The maximum atomic E-state index is 5.83. The number of nitrogens with one attached hydrogen (secondary N) is 1. The third kappa shape index (κ3) is 2.87. The number of hydrogen-bond acceptors (Lipinski definition) is 3. The van der Waals surface area contributed by atoms with Crippen LogP contribution in [0.5, 0.6) is 11.6 Å². The predicted octanol–water partition coefficient (Wildman–Crippen LogP) is 3.29. The van der Waals surface area contributed by atoms with Gasteiger partial charge in [-0.25, -0.2) is 0 Å². The zero-order chi connectivity index (χ0) is 12.4. The Morgan fingerprint density at radius 2 is 2.18 bits per heavy atom. The second kappa shape index (κ2) is 4.89. The molecule has 0 saturated carbocycles. The van der Waals surface area contributed by atoms with Crippen LogP contribution in [0.4, 0.5) is 0 Å². The van der Waals surface area contributed by atoms with E-state index in [0.29, 0.717) is 5.88 Å². The van der Waals surface area contributed by atoms with Crippen LogP contribution in [-0.4, -0.2) is 10.2 Å². The first-order chi connectivity index (χ1) is 8.06. The fourth-order valence-corrected chi connectivity index (χ4v) is 2.23. The van der Waals surface area contributed by atoms with Crippen molar-refractivity contribution in [3.8, 4) is 11.6 Å². The van der Waals surface area contributed by atoms with Gasteiger partial charge in [0.05, 0.1) is 0 Å². The van der Waals surface area contributed by atoms with Gasteiger partial charge in [-0.15, -0.1) is 5.10 Å². The number of halogens is 1. The van der Waals surface area contributed by atoms with Gasteiger partial charge < -0.3 is 10.5 Å². The minimum Gasteiger partial charge on any atom is -0.438 e. The van der Waals surface area contributed by atoms with E-state index >= 15 is 0 Å². The van der Waals surface area contributed by atoms with Crippen LogP contribution in [0, 0.1) is 6.92 Å². The Kier molecular flexibility index (Phi) is 3.49. The lowest BCUT2D eigenvalue weighted by Crippen LogP contribution is -2.05. The van der Waals surface area contributed by atoms with E-state index < -0.39 is 0 Å². The maximum Gasteiger partial charge on any atom is 0.238 e. The largest absolute Gasteiger partial charge is 0.438 e. The second-order valence-electron chi connectivity index (χ2n) is 3.96. The van der Waals surface area contributed by atoms with Crippen molar-refractivity contribution in [2.75, 3.05) is 0 Å². The Balaban J connectivity index is 2.20. The molecular weight excluding hydrogens is 282 g/mol. The molecule has 0 saturated heterocycles. The fourth-order valence-electron chi connectivity index (χ4n) is 1.51. The summed E-state index contributed by atoms with van der Waals surface area (Å²) in [5, 5.41) is 6.84. The highest BCUT2D eigenvalue weighted by Crippen LogP contribution is 2.28. The molecule has 2 aromatic rings. The summed E-state index contributed by atoms with van der Waals surface area (Å²) in [7, 11) is 0. The average molecular weight is 296 g/mol. The molecule has 17 heavy (non-hydrogen) atoms. The van der Waals surface area contributed by atoms with E-state index in [-0.39, 0.29) is 6.04 Å². The molecule has 1 aromatic carbocycles. The molecule has 0 aliphatic carbocycles. The average Bonchev–Trinajstić information content (AvgIpc) is 2.63. The Morgan fingerprint density at radius 1 is 1.41 bits per heavy atom. The second-order valence-corrected chi connectivity index (χ2v) is 4.82. The molecule has 0 fully saturated rings. The Hall–Kier alpha value is -1.33. The number of nitrogens with zero attached hydrogens (tertiary/aromatic N) is 1. The van der Waals surface area contributed by atoms with Crippen LogP contribution in [0.2, 0.25) is 0 Å². The molecule has 0 aliphatic heterocycles. The van der Waals surface area contributed by atoms with Gasteiger partial charge in [0, 0.05) is 22.3 Å². The monoisotopic (exact) mass is 295 g/mol. The van der Waals surface area contributed by atoms with Crippen LogP contribution < -0.4 is 10.5 Å². The van der Waals surface area contributed by atoms with Crippen LogP contribution in [0.25, 0.3) is 0 Å². The Bertz CT molecular complexity index is 522. The van der Waals surface area contributed by atoms with Crippen molar-refractivity contribution in [1.82, 2.24) is 10.2 Å². The first kappa shape index (κ1) is 12.1. The zero-order valence-corrected chi connectivity index (χ0v) is 11.3. The SMILES string of the molecule is Cc1cc(Oc2ccc([C@@H](C)N)c(Br)c2)n[nH]1. The van der Waals surface area contributed by atoms with Crippen molar-refractivity contribution in [2.45, 2.75) is 19.9 Å². The van der Waals surface area contributed by atoms with Crippen molar-refractivity contribution in [1.29, 1.82) is 0 Å². The molecule has 0 radical (unpaired) electrons. The fraction of sp³-hybridized carbons (Fsp3) is 0.250. The Labute approximate surface area is 108 Å². The summed E-state index contributed by atoms with van der Waals surface area (Å²) < 4.78 is 6.54. The van der Waals surface area contributed by atoms with Crippen LogP contribution in [0.1, 0.15) is 24.2 Å². The predicted molar refractivity (Wildman–Crippen MR) is 70.1 cm³/mol. The third-order valence-corrected chi connectivity index (χ3v) is 3.05. The van der Waals surface area contributed by atoms with Crippen LogP contribution in [0.3, 0.4) is 0 Å². The molecule has 5 heteroatoms. The van der Waals surface area contributed by atoms with Gasteiger partial charge in [-0.1, -0.05) is 22.0 Å². The van der Waals surface area contributed by atoms with Crippen LogP contribution in [-0.2, 0) is 0 Å². The number of hydrogen-bond donors (Lipinski definition) is 2. The molecule has 0 aliphatic rings. The first-order valence-corrected chi connectivity index (χ1v) is 6.10. The van der Waals surface area contributed by atoms with E-state index in [1.165, 1.54) is 0 Å². The maximum absolute atomic E-state index is 5.83. The molecule has 1 aromatic heterocycles. The first-order valence-electron chi connectivity index (χ1n) is 5.31. The van der Waals surface area contributed by atoms with Gasteiger partial charge in [-0.05, 0) is 31.5 Å². The van der Waals surface area contributed by atoms with E-state index in [4.69, 9.17) is 10.5 Å². The van der Waals surface area contributed by atoms with Crippen molar-refractivity contribution in [3.05, 3.63) is 40.0 Å². The normalized spacial score (nSPS) is 12.5. The highest BCUT2D eigenvalue weighted by molar-refractivity contribution is 9.10. The summed E-state index contributed by atoms with van der Waals surface area (Å²) in [4.78, 5) is 0. The zero-order valence-electron chi connectivity index (χ0n) is 9.70. The molecule has 0 amide bonds. The summed E-state index contributed by atoms with van der Waals surface area (Å²) in [6, 6.07) is 7.55. The van der Waals surface area contributed by atoms with E-state index in [1.807, 2.05) is 38.1 Å². The number of aromatic nitrogens is 2. The molecule has 4 nitrogen and oxygen atoms in total. The number of ether oxygens (including phenoxy) is 1. The van der Waals surface area contributed by atoms with Crippen molar-refractivity contribution >= 4 is 15.9 Å². The summed E-state index contributed by atoms with van der Waals surface area (Å²) in [5.74, 6) is 1.29. The number of aromatic amines is 1. The third-order valence-electron chi connectivity index (χ3n) is 2.37. The van der Waals surface area contributed by atoms with Gasteiger partial charge in [0.1, 0.15) is 5.75 Å². The topological polar surface area (TPSA) is 63.9 Å². The van der Waals surface area contributed by atoms with Gasteiger partial charge >= 0.3 is 0 Å². The van der Waals surface area contributed by atoms with Crippen molar-refractivity contribution in [2.24, 2.45) is 5.73 Å². The lowest BCUT2D eigenvalue weighted by Gasteiger charge is -2.10. The molecule has 0 bridgehead atoms. The van der Waals surface area contributed by atoms with E-state index in [0.717, 1.165) is 21.5 Å². The summed E-state index contributed by atoms with van der Waals surface area (Å²) in [6.07, 6.45) is 0.